The molecule has 0 aromatic heterocycles. The lowest BCUT2D eigenvalue weighted by Crippen LogP contribution is -2.50. The van der Waals surface area contributed by atoms with Crippen molar-refractivity contribution in [3.8, 4) is 0 Å². The van der Waals surface area contributed by atoms with Crippen molar-refractivity contribution >= 4 is 12.0 Å². The molecule has 0 bridgehead atoms. The molecule has 0 aromatic rings. The van der Waals surface area contributed by atoms with E-state index in [1.807, 2.05) is 0 Å². The van der Waals surface area contributed by atoms with Crippen LogP contribution in [0.3, 0.4) is 0 Å². The van der Waals surface area contributed by atoms with E-state index in [2.05, 4.69) is 24.5 Å². The number of carbonyl (C=O) groups excluding carboxylic acids is 1. The van der Waals surface area contributed by atoms with Crippen LogP contribution < -0.4 is 10.6 Å². The van der Waals surface area contributed by atoms with E-state index in [9.17, 15) is 9.59 Å². The van der Waals surface area contributed by atoms with Crippen molar-refractivity contribution in [1.82, 2.24) is 10.6 Å². The van der Waals surface area contributed by atoms with Crippen LogP contribution in [0.2, 0.25) is 0 Å². The summed E-state index contributed by atoms with van der Waals surface area (Å²) < 4.78 is 0. The second-order valence-electron chi connectivity index (χ2n) is 6.96. The van der Waals surface area contributed by atoms with Gasteiger partial charge in [-0.05, 0) is 43.9 Å². The van der Waals surface area contributed by atoms with E-state index in [1.165, 1.54) is 19.3 Å². The fourth-order valence-corrected chi connectivity index (χ4v) is 3.87. The van der Waals surface area contributed by atoms with Gasteiger partial charge in [0.2, 0.25) is 0 Å². The first-order valence-electron chi connectivity index (χ1n) is 8.27. The zero-order chi connectivity index (χ0) is 15.4. The van der Waals surface area contributed by atoms with Gasteiger partial charge in [-0.15, -0.1) is 0 Å². The highest BCUT2D eigenvalue weighted by atomic mass is 16.4. The lowest BCUT2D eigenvalue weighted by Gasteiger charge is -2.35. The van der Waals surface area contributed by atoms with E-state index in [1.54, 1.807) is 0 Å². The summed E-state index contributed by atoms with van der Waals surface area (Å²) in [6.07, 6.45) is 6.66. The van der Waals surface area contributed by atoms with E-state index < -0.39 is 5.97 Å². The van der Waals surface area contributed by atoms with Crippen LogP contribution in [-0.2, 0) is 4.79 Å². The maximum absolute atomic E-state index is 12.1. The molecule has 21 heavy (non-hydrogen) atoms. The van der Waals surface area contributed by atoms with Gasteiger partial charge in [0, 0.05) is 12.1 Å². The molecule has 120 valence electrons. The molecule has 0 heterocycles. The Morgan fingerprint density at radius 3 is 2.38 bits per heavy atom. The number of nitrogens with one attached hydrogen (secondary N) is 2. The minimum Gasteiger partial charge on any atom is -0.481 e. The van der Waals surface area contributed by atoms with Gasteiger partial charge in [0.25, 0.3) is 0 Å². The zero-order valence-electron chi connectivity index (χ0n) is 13.1. The molecule has 2 aliphatic rings. The third-order valence-electron chi connectivity index (χ3n) is 5.11. The Hall–Kier alpha value is -1.26. The van der Waals surface area contributed by atoms with Crippen LogP contribution in [0.4, 0.5) is 4.79 Å². The molecule has 2 unspecified atom stereocenters. The second-order valence-corrected chi connectivity index (χ2v) is 6.96. The molecule has 2 fully saturated rings. The summed E-state index contributed by atoms with van der Waals surface area (Å²) in [4.78, 5) is 23.1. The van der Waals surface area contributed by atoms with Gasteiger partial charge in [-0.2, -0.15) is 0 Å². The van der Waals surface area contributed by atoms with Crippen molar-refractivity contribution in [2.24, 2.45) is 17.8 Å². The van der Waals surface area contributed by atoms with Crippen molar-refractivity contribution in [1.29, 1.82) is 0 Å². The van der Waals surface area contributed by atoms with Gasteiger partial charge in [0.05, 0.1) is 5.92 Å². The van der Waals surface area contributed by atoms with E-state index in [4.69, 9.17) is 5.11 Å². The third kappa shape index (κ3) is 4.35. The molecule has 5 heteroatoms. The Kier molecular flexibility index (Phi) is 5.48. The highest BCUT2D eigenvalue weighted by molar-refractivity contribution is 5.75. The van der Waals surface area contributed by atoms with Crippen molar-refractivity contribution < 1.29 is 14.7 Å². The Balaban J connectivity index is 1.80. The standard InChI is InChI=1S/C16H28N2O3/c1-10(2)13-5-3-4-6-14(13)18-16(21)17-12-8-7-11(9-12)15(19)20/h10-14H,3-9H2,1-2H3,(H,19,20)(H2,17,18,21)/t11-,12+,13?,14?/m1/s1. The zero-order valence-corrected chi connectivity index (χ0v) is 13.1. The van der Waals surface area contributed by atoms with Crippen molar-refractivity contribution in [2.75, 3.05) is 0 Å². The summed E-state index contributed by atoms with van der Waals surface area (Å²) in [6, 6.07) is 0.145. The predicted octanol–water partition coefficient (Wildman–Crippen LogP) is 2.75. The molecule has 0 aromatic carbocycles. The number of urea groups is 1. The van der Waals surface area contributed by atoms with E-state index in [-0.39, 0.29) is 24.0 Å². The van der Waals surface area contributed by atoms with Crippen LogP contribution in [0.5, 0.6) is 0 Å². The molecule has 0 saturated heterocycles. The molecule has 0 aliphatic heterocycles. The average Bonchev–Trinajstić information content (AvgIpc) is 2.87. The van der Waals surface area contributed by atoms with Crippen LogP contribution in [0.25, 0.3) is 0 Å². The van der Waals surface area contributed by atoms with Crippen LogP contribution in [0.15, 0.2) is 0 Å². The number of rotatable bonds is 4. The summed E-state index contributed by atoms with van der Waals surface area (Å²) in [5.41, 5.74) is 0. The monoisotopic (exact) mass is 296 g/mol. The quantitative estimate of drug-likeness (QED) is 0.746. The summed E-state index contributed by atoms with van der Waals surface area (Å²) in [5, 5.41) is 15.1. The third-order valence-corrected chi connectivity index (χ3v) is 5.11. The first-order valence-corrected chi connectivity index (χ1v) is 8.27. The van der Waals surface area contributed by atoms with Gasteiger partial charge in [0.1, 0.15) is 0 Å². The lowest BCUT2D eigenvalue weighted by molar-refractivity contribution is -0.141. The minimum atomic E-state index is -0.744. The topological polar surface area (TPSA) is 78.4 Å². The summed E-state index contributed by atoms with van der Waals surface area (Å²) in [7, 11) is 0. The number of carboxylic acid groups (broad SMARTS) is 1. The molecular formula is C16H28N2O3. The van der Waals surface area contributed by atoms with Gasteiger partial charge in [-0.1, -0.05) is 26.7 Å². The Labute approximate surface area is 126 Å². The molecule has 5 nitrogen and oxygen atoms in total. The fourth-order valence-electron chi connectivity index (χ4n) is 3.87. The Morgan fingerprint density at radius 1 is 1.05 bits per heavy atom. The fraction of sp³-hybridized carbons (Fsp3) is 0.875. The molecule has 4 atom stereocenters. The lowest BCUT2D eigenvalue weighted by atomic mass is 9.78. The molecule has 2 saturated carbocycles. The number of hydrogen-bond donors (Lipinski definition) is 3. The van der Waals surface area contributed by atoms with Gasteiger partial charge < -0.3 is 15.7 Å². The average molecular weight is 296 g/mol. The molecule has 2 amide bonds. The maximum atomic E-state index is 12.1. The highest BCUT2D eigenvalue weighted by Gasteiger charge is 2.32. The summed E-state index contributed by atoms with van der Waals surface area (Å²) in [5.74, 6) is 0.0959. The molecule has 0 radical (unpaired) electrons. The summed E-state index contributed by atoms with van der Waals surface area (Å²) >= 11 is 0. The van der Waals surface area contributed by atoms with E-state index >= 15 is 0 Å². The summed E-state index contributed by atoms with van der Waals surface area (Å²) in [6.45, 7) is 4.44. The Bertz CT molecular complexity index is 384. The number of aliphatic carboxylic acids is 1. The molecule has 2 rings (SSSR count). The largest absolute Gasteiger partial charge is 0.481 e. The van der Waals surface area contributed by atoms with Gasteiger partial charge in [-0.3, -0.25) is 4.79 Å². The van der Waals surface area contributed by atoms with Crippen LogP contribution >= 0.6 is 0 Å². The van der Waals surface area contributed by atoms with Crippen molar-refractivity contribution in [3.63, 3.8) is 0 Å². The Morgan fingerprint density at radius 2 is 1.76 bits per heavy atom. The smallest absolute Gasteiger partial charge is 0.315 e. The SMILES string of the molecule is CC(C)C1CCCCC1NC(=O)N[C@H]1CC[C@@H](C(=O)O)C1. The number of amides is 2. The first-order chi connectivity index (χ1) is 9.97. The van der Waals surface area contributed by atoms with E-state index in [0.717, 1.165) is 12.8 Å². The molecule has 0 spiro atoms. The number of carbonyl (C=O) groups is 2. The molecule has 3 N–H and O–H groups in total. The van der Waals surface area contributed by atoms with Crippen molar-refractivity contribution in [3.05, 3.63) is 0 Å². The van der Waals surface area contributed by atoms with Crippen LogP contribution in [0, 0.1) is 17.8 Å². The van der Waals surface area contributed by atoms with Gasteiger partial charge in [0.15, 0.2) is 0 Å². The van der Waals surface area contributed by atoms with Crippen LogP contribution in [-0.4, -0.2) is 29.2 Å². The molecular weight excluding hydrogens is 268 g/mol. The van der Waals surface area contributed by atoms with E-state index in [0.29, 0.717) is 24.7 Å². The predicted molar refractivity (Wildman–Crippen MR) is 81.0 cm³/mol. The number of hydrogen-bond acceptors (Lipinski definition) is 2. The van der Waals surface area contributed by atoms with Crippen LogP contribution in [0.1, 0.15) is 58.8 Å². The first kappa shape index (κ1) is 16.1. The van der Waals surface area contributed by atoms with Gasteiger partial charge >= 0.3 is 12.0 Å². The molecule has 2 aliphatic carbocycles. The maximum Gasteiger partial charge on any atom is 0.315 e. The van der Waals surface area contributed by atoms with Crippen molar-refractivity contribution in [2.45, 2.75) is 70.9 Å². The highest BCUT2D eigenvalue weighted by Crippen LogP contribution is 2.30. The second kappa shape index (κ2) is 7.14. The number of carboxylic acids is 1. The minimum absolute atomic E-state index is 0.00666. The normalized spacial score (nSPS) is 32.9. The van der Waals surface area contributed by atoms with Gasteiger partial charge in [-0.25, -0.2) is 4.79 Å².